The highest BCUT2D eigenvalue weighted by Gasteiger charge is 2.48. The molecule has 1 aliphatic heterocycles. The number of benzene rings is 1. The van der Waals surface area contributed by atoms with Crippen LogP contribution in [0, 0.1) is 5.92 Å². The van der Waals surface area contributed by atoms with Gasteiger partial charge in [0.2, 0.25) is 0 Å². The summed E-state index contributed by atoms with van der Waals surface area (Å²) in [7, 11) is 0. The third kappa shape index (κ3) is 5.79. The summed E-state index contributed by atoms with van der Waals surface area (Å²) in [5, 5.41) is 2.65. The number of imide groups is 1. The summed E-state index contributed by atoms with van der Waals surface area (Å²) in [6.07, 6.45) is 1.24. The van der Waals surface area contributed by atoms with Gasteiger partial charge in [-0.15, -0.1) is 0 Å². The number of esters is 1. The third-order valence-electron chi connectivity index (χ3n) is 4.71. The molecule has 1 aromatic carbocycles. The number of hydrogen-bond acceptors (Lipinski definition) is 6. The van der Waals surface area contributed by atoms with Crippen LogP contribution >= 0.6 is 0 Å². The summed E-state index contributed by atoms with van der Waals surface area (Å²) >= 11 is 0. The Kier molecular flexibility index (Phi) is 7.36. The van der Waals surface area contributed by atoms with E-state index in [1.165, 1.54) is 0 Å². The Bertz CT molecular complexity index is 774. The molecule has 0 bridgehead atoms. The topological polar surface area (TPSA) is 102 Å². The Hall–Kier alpha value is -2.90. The van der Waals surface area contributed by atoms with E-state index >= 15 is 0 Å². The number of Topliss-reactive ketones (excluding diaryl/α,β-unsaturated/α-hetero) is 1. The molecule has 29 heavy (non-hydrogen) atoms. The minimum atomic E-state index is -1.03. The summed E-state index contributed by atoms with van der Waals surface area (Å²) in [6, 6.07) is 5.85. The molecular formula is C21H28N2O6. The lowest BCUT2D eigenvalue weighted by atomic mass is 9.92. The Morgan fingerprint density at radius 2 is 1.83 bits per heavy atom. The first-order valence-corrected chi connectivity index (χ1v) is 9.72. The van der Waals surface area contributed by atoms with Gasteiger partial charge in [0.1, 0.15) is 17.8 Å². The monoisotopic (exact) mass is 404 g/mol. The van der Waals surface area contributed by atoms with Crippen molar-refractivity contribution in [1.29, 1.82) is 0 Å². The van der Waals surface area contributed by atoms with Crippen LogP contribution in [-0.2, 0) is 14.3 Å². The fourth-order valence-electron chi connectivity index (χ4n) is 2.95. The van der Waals surface area contributed by atoms with Crippen molar-refractivity contribution in [2.45, 2.75) is 46.1 Å². The van der Waals surface area contributed by atoms with E-state index in [2.05, 4.69) is 5.32 Å². The zero-order valence-corrected chi connectivity index (χ0v) is 17.3. The molecule has 0 spiro atoms. The molecule has 0 radical (unpaired) electrons. The predicted octanol–water partition coefficient (Wildman–Crippen LogP) is 2.56. The zero-order chi connectivity index (χ0) is 21.6. The molecule has 1 saturated heterocycles. The molecule has 1 atom stereocenters. The quantitative estimate of drug-likeness (QED) is 0.365. The van der Waals surface area contributed by atoms with Crippen LogP contribution in [0.25, 0.3) is 0 Å². The molecule has 8 nitrogen and oxygen atoms in total. The Labute approximate surface area is 170 Å². The summed E-state index contributed by atoms with van der Waals surface area (Å²) in [5.74, 6) is -0.650. The molecule has 3 amide bonds. The molecular weight excluding hydrogens is 376 g/mol. The van der Waals surface area contributed by atoms with Crippen molar-refractivity contribution >= 4 is 23.7 Å². The van der Waals surface area contributed by atoms with Gasteiger partial charge in [-0.25, -0.2) is 4.79 Å². The lowest BCUT2D eigenvalue weighted by Crippen LogP contribution is -2.44. The second-order valence-electron chi connectivity index (χ2n) is 7.63. The number of ketones is 1. The molecule has 1 heterocycles. The van der Waals surface area contributed by atoms with Gasteiger partial charge in [0.05, 0.1) is 6.61 Å². The van der Waals surface area contributed by atoms with Gasteiger partial charge in [0, 0.05) is 5.56 Å². The van der Waals surface area contributed by atoms with Crippen LogP contribution in [-0.4, -0.2) is 53.9 Å². The van der Waals surface area contributed by atoms with Crippen molar-refractivity contribution < 1.29 is 28.7 Å². The van der Waals surface area contributed by atoms with Crippen molar-refractivity contribution in [3.63, 3.8) is 0 Å². The summed E-state index contributed by atoms with van der Waals surface area (Å²) in [5.41, 5.74) is -0.655. The molecule has 0 saturated carbocycles. The maximum atomic E-state index is 12.6. The lowest BCUT2D eigenvalue weighted by Gasteiger charge is -2.22. The molecule has 1 N–H and O–H groups in total. The van der Waals surface area contributed by atoms with Crippen LogP contribution < -0.4 is 10.1 Å². The number of nitrogens with one attached hydrogen (secondary N) is 1. The molecule has 8 heteroatoms. The van der Waals surface area contributed by atoms with E-state index in [1.54, 1.807) is 31.2 Å². The Morgan fingerprint density at radius 3 is 2.41 bits per heavy atom. The lowest BCUT2D eigenvalue weighted by molar-refractivity contribution is -0.146. The van der Waals surface area contributed by atoms with Crippen LogP contribution in [0.1, 0.15) is 50.9 Å². The van der Waals surface area contributed by atoms with Gasteiger partial charge in [0.25, 0.3) is 5.91 Å². The van der Waals surface area contributed by atoms with Crippen LogP contribution in [0.15, 0.2) is 24.3 Å². The van der Waals surface area contributed by atoms with E-state index in [0.29, 0.717) is 30.3 Å². The Balaban J connectivity index is 1.87. The Morgan fingerprint density at radius 1 is 1.17 bits per heavy atom. The molecule has 0 unspecified atom stereocenters. The number of hydrogen-bond donors (Lipinski definition) is 1. The predicted molar refractivity (Wildman–Crippen MR) is 106 cm³/mol. The minimum absolute atomic E-state index is 0.373. The van der Waals surface area contributed by atoms with Crippen molar-refractivity contribution in [2.75, 3.05) is 19.8 Å². The maximum absolute atomic E-state index is 12.6. The molecule has 0 aromatic heterocycles. The number of nitrogens with zero attached hydrogens (tertiary/aromatic N) is 1. The number of rotatable bonds is 10. The fourth-order valence-corrected chi connectivity index (χ4v) is 2.95. The largest absolute Gasteiger partial charge is 0.494 e. The van der Waals surface area contributed by atoms with Crippen LogP contribution in [0.5, 0.6) is 5.75 Å². The first-order chi connectivity index (χ1) is 13.7. The smallest absolute Gasteiger partial charge is 0.326 e. The fraction of sp³-hybridized carbons (Fsp3) is 0.524. The van der Waals surface area contributed by atoms with Crippen LogP contribution in [0.3, 0.4) is 0 Å². The molecule has 0 aliphatic carbocycles. The average molecular weight is 404 g/mol. The first-order valence-electron chi connectivity index (χ1n) is 9.72. The highest BCUT2D eigenvalue weighted by Crippen LogP contribution is 2.24. The number of urea groups is 1. The molecule has 158 valence electrons. The van der Waals surface area contributed by atoms with E-state index in [0.717, 1.165) is 11.3 Å². The second kappa shape index (κ2) is 9.54. The molecule has 1 aromatic rings. The normalized spacial score (nSPS) is 18.7. The van der Waals surface area contributed by atoms with E-state index in [1.807, 2.05) is 20.8 Å². The second-order valence-corrected chi connectivity index (χ2v) is 7.63. The number of carbonyl (C=O) groups is 4. The molecule has 1 aliphatic rings. The van der Waals surface area contributed by atoms with Gasteiger partial charge < -0.3 is 14.8 Å². The number of ether oxygens (including phenoxy) is 2. The minimum Gasteiger partial charge on any atom is -0.494 e. The van der Waals surface area contributed by atoms with E-state index < -0.39 is 36.6 Å². The highest BCUT2D eigenvalue weighted by atomic mass is 16.5. The van der Waals surface area contributed by atoms with Gasteiger partial charge >= 0.3 is 12.0 Å². The van der Waals surface area contributed by atoms with Gasteiger partial charge in [-0.2, -0.15) is 0 Å². The van der Waals surface area contributed by atoms with E-state index in [-0.39, 0.29) is 5.78 Å². The molecule has 2 rings (SSSR count). The summed E-state index contributed by atoms with van der Waals surface area (Å²) in [4.78, 5) is 49.8. The standard InChI is InChI=1S/C21H28N2O6/c1-5-28-16-8-6-15(7-9-16)17(24)13-29-18(25)12-23-19(26)21(4,22-20(23)27)11-10-14(2)3/h6-9,14H,5,10-13H2,1-4H3,(H,22,27)/t21-/m1/s1. The van der Waals surface area contributed by atoms with Gasteiger partial charge in [-0.05, 0) is 56.9 Å². The number of amides is 3. The SMILES string of the molecule is CCOc1ccc(C(=O)COC(=O)CN2C(=O)N[C@](C)(CCC(C)C)C2=O)cc1. The van der Waals surface area contributed by atoms with Crippen molar-refractivity contribution in [1.82, 2.24) is 10.2 Å². The maximum Gasteiger partial charge on any atom is 0.326 e. The first kappa shape index (κ1) is 22.4. The molecule has 1 fully saturated rings. The zero-order valence-electron chi connectivity index (χ0n) is 17.3. The van der Waals surface area contributed by atoms with Crippen molar-refractivity contribution in [2.24, 2.45) is 5.92 Å². The third-order valence-corrected chi connectivity index (χ3v) is 4.71. The average Bonchev–Trinajstić information content (AvgIpc) is 2.89. The van der Waals surface area contributed by atoms with Gasteiger partial charge in [0.15, 0.2) is 12.4 Å². The summed E-state index contributed by atoms with van der Waals surface area (Å²) < 4.78 is 10.3. The van der Waals surface area contributed by atoms with Crippen LogP contribution in [0.2, 0.25) is 0 Å². The van der Waals surface area contributed by atoms with Crippen LogP contribution in [0.4, 0.5) is 4.79 Å². The van der Waals surface area contributed by atoms with E-state index in [9.17, 15) is 19.2 Å². The number of carbonyl (C=O) groups excluding carboxylic acids is 4. The van der Waals surface area contributed by atoms with Crippen molar-refractivity contribution in [3.8, 4) is 5.75 Å². The van der Waals surface area contributed by atoms with Gasteiger partial charge in [-0.1, -0.05) is 13.8 Å². The van der Waals surface area contributed by atoms with Crippen molar-refractivity contribution in [3.05, 3.63) is 29.8 Å². The highest BCUT2D eigenvalue weighted by molar-refractivity contribution is 6.08. The van der Waals surface area contributed by atoms with E-state index in [4.69, 9.17) is 9.47 Å². The summed E-state index contributed by atoms with van der Waals surface area (Å²) in [6.45, 7) is 7.08. The van der Waals surface area contributed by atoms with Gasteiger partial charge in [-0.3, -0.25) is 19.3 Å².